The molecule has 2 aromatic carbocycles. The summed E-state index contributed by atoms with van der Waals surface area (Å²) in [6.45, 7) is 1.70. The molecule has 8 nitrogen and oxygen atoms in total. The van der Waals surface area contributed by atoms with Crippen LogP contribution in [0, 0.1) is 6.92 Å². The second-order valence-corrected chi connectivity index (χ2v) is 6.29. The Bertz CT molecular complexity index is 1220. The maximum Gasteiger partial charge on any atom is 0.273 e. The summed E-state index contributed by atoms with van der Waals surface area (Å²) >= 11 is 0. The summed E-state index contributed by atoms with van der Waals surface area (Å²) < 4.78 is 5.25. The Morgan fingerprint density at radius 3 is 2.31 bits per heavy atom. The van der Waals surface area contributed by atoms with Gasteiger partial charge in [0.1, 0.15) is 5.75 Å². The Kier molecular flexibility index (Phi) is 4.66. The topological polar surface area (TPSA) is 117 Å². The van der Waals surface area contributed by atoms with Crippen molar-refractivity contribution in [2.75, 3.05) is 0 Å². The number of carbonyl (C=O) groups is 2. The molecule has 0 aliphatic carbocycles. The van der Waals surface area contributed by atoms with Gasteiger partial charge < -0.3 is 9.63 Å². The summed E-state index contributed by atoms with van der Waals surface area (Å²) in [5.74, 6) is -1.40. The van der Waals surface area contributed by atoms with E-state index in [-0.39, 0.29) is 22.6 Å². The second kappa shape index (κ2) is 7.43. The van der Waals surface area contributed by atoms with Gasteiger partial charge in [-0.2, -0.15) is 0 Å². The SMILES string of the molecule is Cc1noc2nc(-c3ccccc3)cc(C(=O)NNC(=O)c3ccccc3O)c12. The van der Waals surface area contributed by atoms with Gasteiger partial charge in [0.15, 0.2) is 0 Å². The van der Waals surface area contributed by atoms with Crippen LogP contribution in [0.25, 0.3) is 22.4 Å². The van der Waals surface area contributed by atoms with E-state index in [2.05, 4.69) is 21.0 Å². The molecule has 0 fully saturated rings. The molecule has 4 rings (SSSR count). The largest absolute Gasteiger partial charge is 0.507 e. The number of benzene rings is 2. The number of aromatic nitrogens is 2. The lowest BCUT2D eigenvalue weighted by atomic mass is 10.1. The van der Waals surface area contributed by atoms with Gasteiger partial charge in [0.2, 0.25) is 0 Å². The summed E-state index contributed by atoms with van der Waals surface area (Å²) in [5, 5.41) is 14.1. The number of nitrogens with zero attached hydrogens (tertiary/aromatic N) is 2. The van der Waals surface area contributed by atoms with Crippen molar-refractivity contribution >= 4 is 22.9 Å². The Balaban J connectivity index is 1.65. The Hall–Kier alpha value is -4.20. The molecular formula is C21H16N4O4. The first-order chi connectivity index (χ1) is 14.0. The molecule has 0 saturated carbocycles. The molecule has 3 N–H and O–H groups in total. The van der Waals surface area contributed by atoms with Crippen LogP contribution in [-0.4, -0.2) is 27.1 Å². The molecule has 0 aliphatic heterocycles. The van der Waals surface area contributed by atoms with Crippen molar-refractivity contribution in [3.05, 3.63) is 77.5 Å². The molecule has 0 aliphatic rings. The van der Waals surface area contributed by atoms with Gasteiger partial charge in [-0.15, -0.1) is 0 Å². The van der Waals surface area contributed by atoms with Crippen LogP contribution in [0.3, 0.4) is 0 Å². The minimum absolute atomic E-state index is 0.0406. The van der Waals surface area contributed by atoms with Crippen molar-refractivity contribution in [3.8, 4) is 17.0 Å². The zero-order valence-electron chi connectivity index (χ0n) is 15.3. The van der Waals surface area contributed by atoms with Gasteiger partial charge in [-0.1, -0.05) is 47.6 Å². The smallest absolute Gasteiger partial charge is 0.273 e. The van der Waals surface area contributed by atoms with Crippen molar-refractivity contribution in [2.45, 2.75) is 6.92 Å². The van der Waals surface area contributed by atoms with Gasteiger partial charge in [0, 0.05) is 5.56 Å². The number of rotatable bonds is 3. The lowest BCUT2D eigenvalue weighted by molar-refractivity contribution is 0.0846. The van der Waals surface area contributed by atoms with Crippen LogP contribution in [0.4, 0.5) is 0 Å². The molecule has 0 saturated heterocycles. The molecule has 29 heavy (non-hydrogen) atoms. The van der Waals surface area contributed by atoms with E-state index >= 15 is 0 Å². The number of phenolic OH excluding ortho intramolecular Hbond substituents is 1. The number of phenols is 1. The predicted octanol–water partition coefficient (Wildman–Crippen LogP) is 2.98. The first kappa shape index (κ1) is 18.2. The van der Waals surface area contributed by atoms with Crippen molar-refractivity contribution in [1.29, 1.82) is 0 Å². The van der Waals surface area contributed by atoms with Gasteiger partial charge in [0.05, 0.1) is 27.9 Å². The quantitative estimate of drug-likeness (QED) is 0.465. The third kappa shape index (κ3) is 3.51. The van der Waals surface area contributed by atoms with Gasteiger partial charge in [-0.25, -0.2) is 4.98 Å². The molecule has 2 heterocycles. The Morgan fingerprint density at radius 2 is 1.59 bits per heavy atom. The number of nitrogens with one attached hydrogen (secondary N) is 2. The van der Waals surface area contributed by atoms with Crippen LogP contribution >= 0.6 is 0 Å². The molecule has 0 bridgehead atoms. The molecular weight excluding hydrogens is 372 g/mol. The van der Waals surface area contributed by atoms with E-state index in [1.807, 2.05) is 30.3 Å². The molecule has 144 valence electrons. The number of carbonyl (C=O) groups excluding carboxylic acids is 2. The van der Waals surface area contributed by atoms with E-state index in [1.165, 1.54) is 12.1 Å². The number of hydrazine groups is 1. The lowest BCUT2D eigenvalue weighted by Crippen LogP contribution is -2.41. The van der Waals surface area contributed by atoms with Crippen molar-refractivity contribution in [1.82, 2.24) is 21.0 Å². The Labute approximate surface area is 165 Å². The molecule has 2 aromatic heterocycles. The zero-order chi connectivity index (χ0) is 20.4. The van der Waals surface area contributed by atoms with E-state index < -0.39 is 11.8 Å². The van der Waals surface area contributed by atoms with E-state index in [9.17, 15) is 14.7 Å². The molecule has 0 radical (unpaired) electrons. The Morgan fingerprint density at radius 1 is 0.931 bits per heavy atom. The molecule has 4 aromatic rings. The number of hydrogen-bond donors (Lipinski definition) is 3. The fourth-order valence-electron chi connectivity index (χ4n) is 2.94. The van der Waals surface area contributed by atoms with E-state index in [1.54, 1.807) is 25.1 Å². The first-order valence-electron chi connectivity index (χ1n) is 8.75. The van der Waals surface area contributed by atoms with E-state index in [4.69, 9.17) is 4.52 Å². The lowest BCUT2D eigenvalue weighted by Gasteiger charge is -2.10. The van der Waals surface area contributed by atoms with Gasteiger partial charge in [-0.3, -0.25) is 20.4 Å². The summed E-state index contributed by atoms with van der Waals surface area (Å²) in [7, 11) is 0. The minimum atomic E-state index is -0.646. The first-order valence-corrected chi connectivity index (χ1v) is 8.75. The average Bonchev–Trinajstić information content (AvgIpc) is 3.13. The maximum atomic E-state index is 12.8. The molecule has 8 heteroatoms. The van der Waals surface area contributed by atoms with Crippen LogP contribution in [0.1, 0.15) is 26.4 Å². The van der Waals surface area contributed by atoms with Crippen LogP contribution in [0.2, 0.25) is 0 Å². The van der Waals surface area contributed by atoms with Gasteiger partial charge in [-0.05, 0) is 25.1 Å². The molecule has 2 amide bonds. The highest BCUT2D eigenvalue weighted by atomic mass is 16.5. The van der Waals surface area contributed by atoms with Crippen molar-refractivity contribution < 1.29 is 19.2 Å². The number of aryl methyl sites for hydroxylation is 1. The number of amides is 2. The normalized spacial score (nSPS) is 10.7. The summed E-state index contributed by atoms with van der Waals surface area (Å²) in [5.41, 5.74) is 7.03. The molecule has 0 atom stereocenters. The highest BCUT2D eigenvalue weighted by Gasteiger charge is 2.20. The average molecular weight is 388 g/mol. The van der Waals surface area contributed by atoms with Crippen LogP contribution in [-0.2, 0) is 0 Å². The number of hydrogen-bond acceptors (Lipinski definition) is 6. The van der Waals surface area contributed by atoms with Crippen LogP contribution in [0.15, 0.2) is 65.2 Å². The third-order valence-corrected chi connectivity index (χ3v) is 4.37. The van der Waals surface area contributed by atoms with Gasteiger partial charge in [0.25, 0.3) is 17.5 Å². The maximum absolute atomic E-state index is 12.8. The monoisotopic (exact) mass is 388 g/mol. The number of aromatic hydroxyl groups is 1. The summed E-state index contributed by atoms with van der Waals surface area (Å²) in [6, 6.07) is 17.0. The van der Waals surface area contributed by atoms with Crippen molar-refractivity contribution in [2.24, 2.45) is 0 Å². The second-order valence-electron chi connectivity index (χ2n) is 6.29. The summed E-state index contributed by atoms with van der Waals surface area (Å²) in [6.07, 6.45) is 0. The van der Waals surface area contributed by atoms with E-state index in [0.717, 1.165) is 5.56 Å². The standard InChI is InChI=1S/C21H16N4O4/c1-12-18-15(20(28)24-23-19(27)14-9-5-6-10-17(14)26)11-16(22-21(18)29-25-12)13-7-3-2-4-8-13/h2-11,26H,1H3,(H,23,27)(H,24,28). The fourth-order valence-corrected chi connectivity index (χ4v) is 2.94. The summed E-state index contributed by atoms with van der Waals surface area (Å²) in [4.78, 5) is 29.5. The highest BCUT2D eigenvalue weighted by Crippen LogP contribution is 2.26. The fraction of sp³-hybridized carbons (Fsp3) is 0.0476. The molecule has 0 spiro atoms. The van der Waals surface area contributed by atoms with Crippen molar-refractivity contribution in [3.63, 3.8) is 0 Å². The highest BCUT2D eigenvalue weighted by molar-refractivity contribution is 6.08. The van der Waals surface area contributed by atoms with Crippen LogP contribution < -0.4 is 10.9 Å². The minimum Gasteiger partial charge on any atom is -0.507 e. The zero-order valence-corrected chi connectivity index (χ0v) is 15.3. The van der Waals surface area contributed by atoms with Gasteiger partial charge >= 0.3 is 0 Å². The third-order valence-electron chi connectivity index (χ3n) is 4.37. The van der Waals surface area contributed by atoms with E-state index in [0.29, 0.717) is 16.8 Å². The number of para-hydroxylation sites is 1. The number of fused-ring (bicyclic) bond motifs is 1. The van der Waals surface area contributed by atoms with Crippen LogP contribution in [0.5, 0.6) is 5.75 Å². The number of pyridine rings is 1. The predicted molar refractivity (Wildman–Crippen MR) is 105 cm³/mol. The molecule has 0 unspecified atom stereocenters.